The molecule has 0 aromatic heterocycles. The van der Waals surface area contributed by atoms with Crippen molar-refractivity contribution in [1.29, 1.82) is 0 Å². The Labute approximate surface area is 74.7 Å². The van der Waals surface area contributed by atoms with E-state index < -0.39 is 13.7 Å². The first-order valence-corrected chi connectivity index (χ1v) is 7.13. The number of halogens is 1. The van der Waals surface area contributed by atoms with Crippen LogP contribution in [0.15, 0.2) is 0 Å². The van der Waals surface area contributed by atoms with E-state index in [1.54, 1.807) is 27.7 Å². The summed E-state index contributed by atoms with van der Waals surface area (Å²) < 4.78 is 21.0. The SMILES string of the molecule is CC(C)[O][V](=[O])([Cl])[O]C(C)C. The third-order valence-electron chi connectivity index (χ3n) is 0.673. The molecule has 0 aliphatic rings. The van der Waals surface area contributed by atoms with Crippen LogP contribution in [0, 0.1) is 0 Å². The van der Waals surface area contributed by atoms with Gasteiger partial charge in [0.15, 0.2) is 0 Å². The van der Waals surface area contributed by atoms with E-state index in [9.17, 15) is 3.67 Å². The molecule has 5 heteroatoms. The first-order valence-electron chi connectivity index (χ1n) is 3.50. The summed E-state index contributed by atoms with van der Waals surface area (Å²) >= 11 is -3.93. The maximum atomic E-state index is 11.2. The fourth-order valence-corrected chi connectivity index (χ4v) is 3.49. The van der Waals surface area contributed by atoms with Gasteiger partial charge in [-0.1, -0.05) is 0 Å². The molecule has 0 heterocycles. The molecule has 0 aromatic rings. The summed E-state index contributed by atoms with van der Waals surface area (Å²) in [6, 6.07) is 0. The van der Waals surface area contributed by atoms with Gasteiger partial charge in [0.1, 0.15) is 0 Å². The standard InChI is InChI=1S/2C3H7O.ClH.O.V/c2*1-3(2)4;;;/h2*3H,1-2H3;1H;;/q2*-1;;;+3/p-1. The zero-order valence-electron chi connectivity index (χ0n) is 7.20. The molecule has 0 saturated carbocycles. The number of hydrogen-bond acceptors (Lipinski definition) is 3. The third kappa shape index (κ3) is 6.97. The third-order valence-corrected chi connectivity index (χ3v) is 3.43. The topological polar surface area (TPSA) is 35.5 Å². The van der Waals surface area contributed by atoms with Crippen molar-refractivity contribution in [1.82, 2.24) is 0 Å². The zero-order chi connectivity index (χ0) is 9.07. The van der Waals surface area contributed by atoms with E-state index in [2.05, 4.69) is 0 Å². The van der Waals surface area contributed by atoms with Crippen LogP contribution in [0.3, 0.4) is 0 Å². The van der Waals surface area contributed by atoms with Gasteiger partial charge in [-0.15, -0.1) is 0 Å². The fraction of sp³-hybridized carbons (Fsp3) is 1.00. The molecule has 0 amide bonds. The Morgan fingerprint density at radius 2 is 1.36 bits per heavy atom. The minimum atomic E-state index is -3.93. The van der Waals surface area contributed by atoms with Crippen LogP contribution in [0.2, 0.25) is 0 Å². The summed E-state index contributed by atoms with van der Waals surface area (Å²) in [7, 11) is 5.50. The number of rotatable bonds is 4. The minimum absolute atomic E-state index is 0.156. The van der Waals surface area contributed by atoms with Crippen LogP contribution in [-0.4, -0.2) is 12.2 Å². The second-order valence-corrected chi connectivity index (χ2v) is 6.45. The Hall–Kier alpha value is 0.594. The van der Waals surface area contributed by atoms with Crippen molar-refractivity contribution in [3.05, 3.63) is 0 Å². The van der Waals surface area contributed by atoms with E-state index in [4.69, 9.17) is 17.2 Å². The van der Waals surface area contributed by atoms with Crippen LogP contribution in [0.25, 0.3) is 0 Å². The molecule has 0 aliphatic heterocycles. The predicted octanol–water partition coefficient (Wildman–Crippen LogP) is 2.32. The molecular formula is C6H14ClO3V. The quantitative estimate of drug-likeness (QED) is 0.729. The molecular weight excluding hydrogens is 206 g/mol. The summed E-state index contributed by atoms with van der Waals surface area (Å²) in [4.78, 5) is 0. The Bertz CT molecular complexity index is 144. The Morgan fingerprint density at radius 1 is 1.09 bits per heavy atom. The van der Waals surface area contributed by atoms with Crippen LogP contribution >= 0.6 is 9.85 Å². The van der Waals surface area contributed by atoms with Crippen molar-refractivity contribution in [2.75, 3.05) is 0 Å². The van der Waals surface area contributed by atoms with Gasteiger partial charge in [-0.3, -0.25) is 0 Å². The first kappa shape index (κ1) is 11.6. The van der Waals surface area contributed by atoms with E-state index in [1.807, 2.05) is 0 Å². The van der Waals surface area contributed by atoms with Crippen molar-refractivity contribution in [3.8, 4) is 0 Å². The Morgan fingerprint density at radius 3 is 1.55 bits per heavy atom. The molecule has 0 aromatic carbocycles. The van der Waals surface area contributed by atoms with Crippen LogP contribution in [-0.2, 0) is 24.7 Å². The van der Waals surface area contributed by atoms with Crippen molar-refractivity contribution in [3.63, 3.8) is 0 Å². The van der Waals surface area contributed by atoms with Crippen LogP contribution in [0.1, 0.15) is 27.7 Å². The van der Waals surface area contributed by atoms with Gasteiger partial charge in [-0.25, -0.2) is 0 Å². The van der Waals surface area contributed by atoms with Gasteiger partial charge < -0.3 is 0 Å². The average Bonchev–Trinajstić information content (AvgIpc) is 1.53. The van der Waals surface area contributed by atoms with Crippen LogP contribution < -0.4 is 0 Å². The van der Waals surface area contributed by atoms with Crippen molar-refractivity contribution in [2.24, 2.45) is 0 Å². The molecule has 3 nitrogen and oxygen atoms in total. The van der Waals surface area contributed by atoms with Gasteiger partial charge in [0.05, 0.1) is 0 Å². The monoisotopic (exact) mass is 220 g/mol. The van der Waals surface area contributed by atoms with Gasteiger partial charge in [-0.05, 0) is 0 Å². The molecule has 0 radical (unpaired) electrons. The average molecular weight is 221 g/mol. The summed E-state index contributed by atoms with van der Waals surface area (Å²) in [5.41, 5.74) is 0. The van der Waals surface area contributed by atoms with Crippen molar-refractivity contribution < 1.29 is 24.7 Å². The van der Waals surface area contributed by atoms with Crippen LogP contribution in [0.5, 0.6) is 0 Å². The van der Waals surface area contributed by atoms with Gasteiger partial charge in [0.2, 0.25) is 0 Å². The second kappa shape index (κ2) is 4.58. The molecule has 0 N–H and O–H groups in total. The molecule has 0 bridgehead atoms. The first-order chi connectivity index (χ1) is 4.83. The molecule has 0 spiro atoms. The molecule has 11 heavy (non-hydrogen) atoms. The van der Waals surface area contributed by atoms with Crippen molar-refractivity contribution in [2.45, 2.75) is 39.9 Å². The summed E-state index contributed by atoms with van der Waals surface area (Å²) in [6.07, 6.45) is -0.313. The molecule has 0 atom stereocenters. The molecule has 0 fully saturated rings. The normalized spacial score (nSPS) is 13.0. The van der Waals surface area contributed by atoms with E-state index in [0.29, 0.717) is 0 Å². The van der Waals surface area contributed by atoms with E-state index in [0.717, 1.165) is 0 Å². The summed E-state index contributed by atoms with van der Waals surface area (Å²) in [5.74, 6) is 0. The summed E-state index contributed by atoms with van der Waals surface area (Å²) in [6.45, 7) is 7.06. The van der Waals surface area contributed by atoms with Crippen molar-refractivity contribution >= 4 is 9.85 Å². The molecule has 68 valence electrons. The molecule has 0 aliphatic carbocycles. The summed E-state index contributed by atoms with van der Waals surface area (Å²) in [5, 5.41) is 0. The Balaban J connectivity index is 3.91. The second-order valence-electron chi connectivity index (χ2n) is 2.74. The van der Waals surface area contributed by atoms with E-state index in [-0.39, 0.29) is 12.2 Å². The predicted molar refractivity (Wildman–Crippen MR) is 39.0 cm³/mol. The zero-order valence-corrected chi connectivity index (χ0v) is 9.36. The number of hydrogen-bond donors (Lipinski definition) is 0. The maximum absolute atomic E-state index is 11.2. The Kier molecular flexibility index (Phi) is 4.83. The van der Waals surface area contributed by atoms with Gasteiger partial charge in [-0.2, -0.15) is 0 Å². The van der Waals surface area contributed by atoms with E-state index >= 15 is 0 Å². The van der Waals surface area contributed by atoms with Crippen LogP contribution in [0.4, 0.5) is 0 Å². The fourth-order valence-electron chi connectivity index (χ4n) is 0.528. The van der Waals surface area contributed by atoms with E-state index in [1.165, 1.54) is 0 Å². The molecule has 0 saturated heterocycles. The van der Waals surface area contributed by atoms with Gasteiger partial charge in [0, 0.05) is 0 Å². The molecule has 0 unspecified atom stereocenters. The van der Waals surface area contributed by atoms with Gasteiger partial charge >= 0.3 is 74.5 Å². The molecule has 0 rings (SSSR count). The van der Waals surface area contributed by atoms with Gasteiger partial charge in [0.25, 0.3) is 0 Å².